The molecule has 0 N–H and O–H groups in total. The van der Waals surface area contributed by atoms with Crippen molar-refractivity contribution in [1.29, 1.82) is 0 Å². The normalized spacial score (nSPS) is 15.7. The average Bonchev–Trinajstić information content (AvgIpc) is 2.56. The van der Waals surface area contributed by atoms with Crippen molar-refractivity contribution < 1.29 is 9.13 Å². The van der Waals surface area contributed by atoms with Crippen LogP contribution in [0.4, 0.5) is 10.2 Å². The number of hydrogen-bond acceptors (Lipinski definition) is 5. The molecule has 0 aliphatic carbocycles. The van der Waals surface area contributed by atoms with Crippen molar-refractivity contribution in [3.05, 3.63) is 47.1 Å². The lowest BCUT2D eigenvalue weighted by Gasteiger charge is -2.35. The topological polar surface area (TPSA) is 41.5 Å². The molecule has 122 valence electrons. The van der Waals surface area contributed by atoms with E-state index in [1.165, 1.54) is 19.5 Å². The maximum Gasteiger partial charge on any atom is 0.165 e. The summed E-state index contributed by atoms with van der Waals surface area (Å²) in [4.78, 5) is 12.6. The fourth-order valence-corrected chi connectivity index (χ4v) is 2.95. The Morgan fingerprint density at radius 3 is 2.70 bits per heavy atom. The maximum absolute atomic E-state index is 13.8. The molecular weight excluding hydrogens is 319 g/mol. The standard InChI is InChI=1S/C16H18ClFN4O/c1-23-15-3-2-12(8-14(15)18)10-21-4-6-22(7-5-21)16-13(17)9-19-11-20-16/h2-3,8-9,11H,4-7,10H2,1H3. The number of benzene rings is 1. The molecule has 2 aromatic rings. The monoisotopic (exact) mass is 336 g/mol. The molecule has 1 saturated heterocycles. The number of hydrogen-bond donors (Lipinski definition) is 0. The molecule has 0 unspecified atom stereocenters. The molecule has 2 heterocycles. The summed E-state index contributed by atoms with van der Waals surface area (Å²) in [5, 5.41) is 0.568. The van der Waals surface area contributed by atoms with Crippen LogP contribution in [0.25, 0.3) is 0 Å². The van der Waals surface area contributed by atoms with Crippen LogP contribution in [0.3, 0.4) is 0 Å². The van der Waals surface area contributed by atoms with Gasteiger partial charge in [0, 0.05) is 32.7 Å². The molecule has 5 nitrogen and oxygen atoms in total. The molecule has 3 rings (SSSR count). The first-order valence-electron chi connectivity index (χ1n) is 7.42. The lowest BCUT2D eigenvalue weighted by Crippen LogP contribution is -2.46. The molecule has 0 amide bonds. The molecule has 1 aromatic heterocycles. The van der Waals surface area contributed by atoms with E-state index in [2.05, 4.69) is 19.8 Å². The summed E-state index contributed by atoms with van der Waals surface area (Å²) in [6.45, 7) is 4.11. The van der Waals surface area contributed by atoms with Crippen LogP contribution < -0.4 is 9.64 Å². The van der Waals surface area contributed by atoms with Crippen molar-refractivity contribution in [2.75, 3.05) is 38.2 Å². The van der Waals surface area contributed by atoms with E-state index in [0.29, 0.717) is 11.6 Å². The van der Waals surface area contributed by atoms with Crippen molar-refractivity contribution in [3.63, 3.8) is 0 Å². The van der Waals surface area contributed by atoms with Gasteiger partial charge in [0.25, 0.3) is 0 Å². The third-order valence-corrected chi connectivity index (χ3v) is 4.21. The molecule has 0 saturated carbocycles. The molecule has 1 aliphatic heterocycles. The van der Waals surface area contributed by atoms with Crippen molar-refractivity contribution >= 4 is 17.4 Å². The molecule has 7 heteroatoms. The van der Waals surface area contributed by atoms with Gasteiger partial charge < -0.3 is 9.64 Å². The fraction of sp³-hybridized carbons (Fsp3) is 0.375. The predicted octanol–water partition coefficient (Wildman–Crippen LogP) is 2.60. The van der Waals surface area contributed by atoms with Crippen LogP contribution in [0.2, 0.25) is 5.02 Å². The Labute approximate surface area is 139 Å². The zero-order chi connectivity index (χ0) is 16.2. The van der Waals surface area contributed by atoms with Gasteiger partial charge in [-0.25, -0.2) is 14.4 Å². The van der Waals surface area contributed by atoms with E-state index >= 15 is 0 Å². The lowest BCUT2D eigenvalue weighted by atomic mass is 10.2. The maximum atomic E-state index is 13.8. The van der Waals surface area contributed by atoms with Gasteiger partial charge in [0.15, 0.2) is 17.4 Å². The number of methoxy groups -OCH3 is 1. The summed E-state index contributed by atoms with van der Waals surface area (Å²) in [6, 6.07) is 5.10. The lowest BCUT2D eigenvalue weighted by molar-refractivity contribution is 0.249. The van der Waals surface area contributed by atoms with Gasteiger partial charge in [-0.05, 0) is 17.7 Å². The minimum absolute atomic E-state index is 0.275. The third kappa shape index (κ3) is 3.71. The van der Waals surface area contributed by atoms with Crippen LogP contribution in [-0.2, 0) is 6.54 Å². The number of ether oxygens (including phenoxy) is 1. The third-order valence-electron chi connectivity index (χ3n) is 3.94. The van der Waals surface area contributed by atoms with Gasteiger partial charge in [-0.3, -0.25) is 4.90 Å². The number of halogens is 2. The van der Waals surface area contributed by atoms with Crippen LogP contribution in [0, 0.1) is 5.82 Å². The van der Waals surface area contributed by atoms with Crippen molar-refractivity contribution in [2.45, 2.75) is 6.54 Å². The second kappa shape index (κ2) is 7.10. The Kier molecular flexibility index (Phi) is 4.93. The number of anilines is 1. The molecule has 0 spiro atoms. The molecule has 1 aliphatic rings. The first-order chi connectivity index (χ1) is 11.2. The largest absolute Gasteiger partial charge is 0.494 e. The van der Waals surface area contributed by atoms with Gasteiger partial charge in [-0.1, -0.05) is 17.7 Å². The van der Waals surface area contributed by atoms with E-state index in [1.807, 2.05) is 6.07 Å². The summed E-state index contributed by atoms with van der Waals surface area (Å²) >= 11 is 6.14. The zero-order valence-electron chi connectivity index (χ0n) is 12.9. The van der Waals surface area contributed by atoms with E-state index in [4.69, 9.17) is 16.3 Å². The van der Waals surface area contributed by atoms with Crippen LogP contribution in [-0.4, -0.2) is 48.2 Å². The highest BCUT2D eigenvalue weighted by Gasteiger charge is 2.20. The van der Waals surface area contributed by atoms with E-state index < -0.39 is 0 Å². The van der Waals surface area contributed by atoms with E-state index in [0.717, 1.165) is 37.6 Å². The number of nitrogens with zero attached hydrogens (tertiary/aromatic N) is 4. The van der Waals surface area contributed by atoms with Crippen molar-refractivity contribution in [3.8, 4) is 5.75 Å². The average molecular weight is 337 g/mol. The molecule has 23 heavy (non-hydrogen) atoms. The first-order valence-corrected chi connectivity index (χ1v) is 7.80. The Hall–Kier alpha value is -1.92. The number of rotatable bonds is 4. The fourth-order valence-electron chi connectivity index (χ4n) is 2.72. The molecule has 1 fully saturated rings. The van der Waals surface area contributed by atoms with Crippen molar-refractivity contribution in [2.24, 2.45) is 0 Å². The highest BCUT2D eigenvalue weighted by atomic mass is 35.5. The zero-order valence-corrected chi connectivity index (χ0v) is 13.6. The van der Waals surface area contributed by atoms with Gasteiger partial charge in [0.2, 0.25) is 0 Å². The first kappa shape index (κ1) is 16.0. The summed E-state index contributed by atoms with van der Waals surface area (Å²) in [7, 11) is 1.47. The quantitative estimate of drug-likeness (QED) is 0.858. The van der Waals surface area contributed by atoms with Gasteiger partial charge >= 0.3 is 0 Å². The summed E-state index contributed by atoms with van der Waals surface area (Å²) in [5.74, 6) is 0.727. The van der Waals surface area contributed by atoms with Crippen LogP contribution in [0.15, 0.2) is 30.7 Å². The van der Waals surface area contributed by atoms with Crippen molar-refractivity contribution in [1.82, 2.24) is 14.9 Å². The highest BCUT2D eigenvalue weighted by Crippen LogP contribution is 2.23. The summed E-state index contributed by atoms with van der Waals surface area (Å²) in [6.07, 6.45) is 3.12. The minimum Gasteiger partial charge on any atom is -0.494 e. The molecule has 0 radical (unpaired) electrons. The van der Waals surface area contributed by atoms with Crippen LogP contribution in [0.5, 0.6) is 5.75 Å². The van der Waals surface area contributed by atoms with Gasteiger partial charge in [0.05, 0.1) is 13.3 Å². The minimum atomic E-state index is -0.323. The molecule has 1 aromatic carbocycles. The predicted molar refractivity (Wildman–Crippen MR) is 87.5 cm³/mol. The second-order valence-electron chi connectivity index (χ2n) is 5.43. The van der Waals surface area contributed by atoms with E-state index in [1.54, 1.807) is 12.3 Å². The summed E-state index contributed by atoms with van der Waals surface area (Å²) in [5.41, 5.74) is 0.941. The smallest absolute Gasteiger partial charge is 0.165 e. The highest BCUT2D eigenvalue weighted by molar-refractivity contribution is 6.32. The van der Waals surface area contributed by atoms with Gasteiger partial charge in [-0.2, -0.15) is 0 Å². The van der Waals surface area contributed by atoms with Crippen LogP contribution >= 0.6 is 11.6 Å². The number of aromatic nitrogens is 2. The van der Waals surface area contributed by atoms with E-state index in [9.17, 15) is 4.39 Å². The second-order valence-corrected chi connectivity index (χ2v) is 5.83. The molecular formula is C16H18ClFN4O. The summed E-state index contributed by atoms with van der Waals surface area (Å²) < 4.78 is 18.7. The number of piperazine rings is 1. The SMILES string of the molecule is COc1ccc(CN2CCN(c3ncncc3Cl)CC2)cc1F. The van der Waals surface area contributed by atoms with E-state index in [-0.39, 0.29) is 11.6 Å². The van der Waals surface area contributed by atoms with Gasteiger partial charge in [-0.15, -0.1) is 0 Å². The molecule has 0 atom stereocenters. The Morgan fingerprint density at radius 1 is 1.26 bits per heavy atom. The van der Waals surface area contributed by atoms with Gasteiger partial charge in [0.1, 0.15) is 11.3 Å². The molecule has 0 bridgehead atoms. The Bertz CT molecular complexity index is 677. The van der Waals surface area contributed by atoms with Crippen LogP contribution in [0.1, 0.15) is 5.56 Å². The Balaban J connectivity index is 1.59. The Morgan fingerprint density at radius 2 is 2.04 bits per heavy atom.